The van der Waals surface area contributed by atoms with Gasteiger partial charge in [0.25, 0.3) is 0 Å². The summed E-state index contributed by atoms with van der Waals surface area (Å²) in [5, 5.41) is 11.1. The molecule has 0 aliphatic carbocycles. The van der Waals surface area contributed by atoms with Crippen molar-refractivity contribution in [1.29, 1.82) is 0 Å². The highest BCUT2D eigenvalue weighted by atomic mass is 32.1. The first-order chi connectivity index (χ1) is 5.68. The topological polar surface area (TPSA) is 46.2 Å². The number of aromatic hydroxyl groups is 1. The van der Waals surface area contributed by atoms with Gasteiger partial charge in [-0.25, -0.2) is 4.39 Å². The lowest BCUT2D eigenvalue weighted by Crippen LogP contribution is -1.83. The van der Waals surface area contributed by atoms with Gasteiger partial charge < -0.3 is 10.8 Å². The van der Waals surface area contributed by atoms with Gasteiger partial charge in [-0.1, -0.05) is 0 Å². The number of fused-ring (bicyclic) bond motifs is 1. The molecule has 0 amide bonds. The SMILES string of the molecule is Nc1csc2cc(O)cc(F)c12. The Morgan fingerprint density at radius 2 is 2.17 bits per heavy atom. The first-order valence-corrected chi connectivity index (χ1v) is 4.21. The van der Waals surface area contributed by atoms with Crippen molar-refractivity contribution in [2.75, 3.05) is 5.73 Å². The lowest BCUT2D eigenvalue weighted by Gasteiger charge is -1.95. The molecule has 62 valence electrons. The molecule has 0 saturated heterocycles. The normalized spacial score (nSPS) is 10.8. The van der Waals surface area contributed by atoms with Crippen molar-refractivity contribution >= 4 is 27.1 Å². The van der Waals surface area contributed by atoms with E-state index >= 15 is 0 Å². The van der Waals surface area contributed by atoms with Crippen molar-refractivity contribution in [3.63, 3.8) is 0 Å². The molecule has 1 aromatic heterocycles. The predicted octanol–water partition coefficient (Wildman–Crippen LogP) is 2.33. The zero-order valence-corrected chi connectivity index (χ0v) is 6.86. The van der Waals surface area contributed by atoms with Gasteiger partial charge in [-0.05, 0) is 6.07 Å². The number of nitrogen functional groups attached to an aromatic ring is 1. The van der Waals surface area contributed by atoms with Crippen molar-refractivity contribution in [2.45, 2.75) is 0 Å². The number of phenolic OH excluding ortho intramolecular Hbond substituents is 1. The van der Waals surface area contributed by atoms with E-state index in [0.29, 0.717) is 15.8 Å². The van der Waals surface area contributed by atoms with Crippen molar-refractivity contribution in [3.05, 3.63) is 23.3 Å². The molecule has 0 spiro atoms. The molecule has 3 N–H and O–H groups in total. The van der Waals surface area contributed by atoms with E-state index in [4.69, 9.17) is 10.8 Å². The zero-order chi connectivity index (χ0) is 8.72. The van der Waals surface area contributed by atoms with Crippen LogP contribution in [0, 0.1) is 5.82 Å². The van der Waals surface area contributed by atoms with Gasteiger partial charge in [-0.2, -0.15) is 0 Å². The summed E-state index contributed by atoms with van der Waals surface area (Å²) in [6.07, 6.45) is 0. The summed E-state index contributed by atoms with van der Waals surface area (Å²) < 4.78 is 13.8. The third-order valence-corrected chi connectivity index (χ3v) is 2.59. The second-order valence-corrected chi connectivity index (χ2v) is 3.40. The number of halogens is 1. The Morgan fingerprint density at radius 1 is 1.42 bits per heavy atom. The Labute approximate surface area is 72.1 Å². The molecule has 4 heteroatoms. The van der Waals surface area contributed by atoms with Crippen LogP contribution in [0.3, 0.4) is 0 Å². The molecule has 0 aliphatic heterocycles. The van der Waals surface area contributed by atoms with Crippen LogP contribution in [0.25, 0.3) is 10.1 Å². The third kappa shape index (κ3) is 0.921. The number of benzene rings is 1. The minimum absolute atomic E-state index is 0.0677. The number of rotatable bonds is 0. The predicted molar refractivity (Wildman–Crippen MR) is 47.9 cm³/mol. The van der Waals surface area contributed by atoms with Gasteiger partial charge in [0.1, 0.15) is 11.6 Å². The molecular weight excluding hydrogens is 177 g/mol. The fraction of sp³-hybridized carbons (Fsp3) is 0. The van der Waals surface area contributed by atoms with Crippen LogP contribution in [0.5, 0.6) is 5.75 Å². The number of hydrogen-bond acceptors (Lipinski definition) is 3. The van der Waals surface area contributed by atoms with E-state index in [0.717, 1.165) is 6.07 Å². The number of phenols is 1. The molecule has 0 radical (unpaired) electrons. The number of hydrogen-bond donors (Lipinski definition) is 2. The molecule has 12 heavy (non-hydrogen) atoms. The summed E-state index contributed by atoms with van der Waals surface area (Å²) >= 11 is 1.32. The quantitative estimate of drug-likeness (QED) is 0.658. The molecule has 1 heterocycles. The van der Waals surface area contributed by atoms with E-state index in [2.05, 4.69) is 0 Å². The summed E-state index contributed by atoms with van der Waals surface area (Å²) in [7, 11) is 0. The largest absolute Gasteiger partial charge is 0.508 e. The van der Waals surface area contributed by atoms with Gasteiger partial charge >= 0.3 is 0 Å². The Hall–Kier alpha value is -1.29. The lowest BCUT2D eigenvalue weighted by molar-refractivity contribution is 0.471. The van der Waals surface area contributed by atoms with Crippen molar-refractivity contribution in [3.8, 4) is 5.75 Å². The molecule has 2 rings (SSSR count). The fourth-order valence-corrected chi connectivity index (χ4v) is 2.02. The Kier molecular flexibility index (Phi) is 1.44. The Morgan fingerprint density at radius 3 is 2.92 bits per heavy atom. The second-order valence-electron chi connectivity index (χ2n) is 2.49. The molecule has 0 aliphatic rings. The zero-order valence-electron chi connectivity index (χ0n) is 6.04. The maximum Gasteiger partial charge on any atom is 0.137 e. The monoisotopic (exact) mass is 183 g/mol. The molecule has 1 aromatic carbocycles. The molecule has 2 nitrogen and oxygen atoms in total. The molecule has 0 fully saturated rings. The highest BCUT2D eigenvalue weighted by molar-refractivity contribution is 7.17. The van der Waals surface area contributed by atoms with Crippen LogP contribution in [0.2, 0.25) is 0 Å². The van der Waals surface area contributed by atoms with Gasteiger partial charge in [0.2, 0.25) is 0 Å². The van der Waals surface area contributed by atoms with Gasteiger partial charge in [0.05, 0.1) is 11.1 Å². The fourth-order valence-electron chi connectivity index (χ4n) is 1.13. The summed E-state index contributed by atoms with van der Waals surface area (Å²) in [4.78, 5) is 0. The first-order valence-electron chi connectivity index (χ1n) is 3.33. The van der Waals surface area contributed by atoms with Gasteiger partial charge in [0, 0.05) is 16.1 Å². The molecular formula is C8H6FNOS. The summed E-state index contributed by atoms with van der Waals surface area (Å²) in [6.45, 7) is 0. The maximum absolute atomic E-state index is 13.1. The molecule has 0 saturated carbocycles. The standard InChI is InChI=1S/C8H6FNOS/c9-5-1-4(11)2-7-8(5)6(10)3-12-7/h1-3,11H,10H2. The van der Waals surface area contributed by atoms with E-state index < -0.39 is 5.82 Å². The first kappa shape index (κ1) is 7.36. The maximum atomic E-state index is 13.1. The molecule has 0 atom stereocenters. The van der Waals surface area contributed by atoms with E-state index in [1.165, 1.54) is 17.4 Å². The van der Waals surface area contributed by atoms with Crippen LogP contribution < -0.4 is 5.73 Å². The lowest BCUT2D eigenvalue weighted by atomic mass is 10.2. The van der Waals surface area contributed by atoms with Crippen molar-refractivity contribution < 1.29 is 9.50 Å². The smallest absolute Gasteiger partial charge is 0.137 e. The van der Waals surface area contributed by atoms with Crippen LogP contribution in [-0.4, -0.2) is 5.11 Å². The number of nitrogens with two attached hydrogens (primary N) is 1. The highest BCUT2D eigenvalue weighted by Gasteiger charge is 2.07. The van der Waals surface area contributed by atoms with E-state index in [9.17, 15) is 4.39 Å². The van der Waals surface area contributed by atoms with E-state index in [1.807, 2.05) is 0 Å². The van der Waals surface area contributed by atoms with E-state index in [1.54, 1.807) is 5.38 Å². The number of anilines is 1. The van der Waals surface area contributed by atoms with Crippen LogP contribution in [0.4, 0.5) is 10.1 Å². The average molecular weight is 183 g/mol. The average Bonchev–Trinajstić information content (AvgIpc) is 2.31. The van der Waals surface area contributed by atoms with Crippen molar-refractivity contribution in [2.24, 2.45) is 0 Å². The highest BCUT2D eigenvalue weighted by Crippen LogP contribution is 2.32. The second kappa shape index (κ2) is 2.35. The summed E-state index contributed by atoms with van der Waals surface area (Å²) in [5.74, 6) is -0.536. The summed E-state index contributed by atoms with van der Waals surface area (Å²) in [5.41, 5.74) is 5.94. The Balaban J connectivity index is 2.93. The van der Waals surface area contributed by atoms with Crippen LogP contribution in [0.15, 0.2) is 17.5 Å². The van der Waals surface area contributed by atoms with Gasteiger partial charge in [-0.15, -0.1) is 11.3 Å². The van der Waals surface area contributed by atoms with Gasteiger partial charge in [0.15, 0.2) is 0 Å². The van der Waals surface area contributed by atoms with Crippen LogP contribution >= 0.6 is 11.3 Å². The minimum atomic E-state index is -0.469. The minimum Gasteiger partial charge on any atom is -0.508 e. The van der Waals surface area contributed by atoms with Crippen molar-refractivity contribution in [1.82, 2.24) is 0 Å². The number of thiophene rings is 1. The molecule has 0 bridgehead atoms. The van der Waals surface area contributed by atoms with Crippen LogP contribution in [0.1, 0.15) is 0 Å². The third-order valence-electron chi connectivity index (χ3n) is 1.64. The molecule has 2 aromatic rings. The van der Waals surface area contributed by atoms with E-state index in [-0.39, 0.29) is 5.75 Å². The summed E-state index contributed by atoms with van der Waals surface area (Å²) in [6, 6.07) is 2.56. The van der Waals surface area contributed by atoms with Crippen LogP contribution in [-0.2, 0) is 0 Å². The van der Waals surface area contributed by atoms with Gasteiger partial charge in [-0.3, -0.25) is 0 Å². The Bertz CT molecular complexity index is 438. The molecule has 0 unspecified atom stereocenters.